The first-order chi connectivity index (χ1) is 8.17. The predicted molar refractivity (Wildman–Crippen MR) is 64.2 cm³/mol. The average Bonchev–Trinajstić information content (AvgIpc) is 2.31. The summed E-state index contributed by atoms with van der Waals surface area (Å²) in [6.45, 7) is 0.999. The molecular weight excluding hydrogens is 248 g/mol. The lowest BCUT2D eigenvalue weighted by molar-refractivity contribution is 0.164. The molecule has 0 radical (unpaired) electrons. The Balaban J connectivity index is 2.49. The van der Waals surface area contributed by atoms with Crippen LogP contribution < -0.4 is 5.32 Å². The second-order valence-corrected chi connectivity index (χ2v) is 4.14. The summed E-state index contributed by atoms with van der Waals surface area (Å²) < 4.78 is 30.7. The van der Waals surface area contributed by atoms with Crippen LogP contribution in [0.1, 0.15) is 12.0 Å². The quantitative estimate of drug-likeness (QED) is 0.764. The lowest BCUT2D eigenvalue weighted by Gasteiger charge is -2.16. The van der Waals surface area contributed by atoms with Crippen molar-refractivity contribution < 1.29 is 13.5 Å². The van der Waals surface area contributed by atoms with E-state index in [2.05, 4.69) is 5.32 Å². The molecule has 0 aliphatic carbocycles. The van der Waals surface area contributed by atoms with E-state index in [0.29, 0.717) is 24.6 Å². The summed E-state index contributed by atoms with van der Waals surface area (Å²) >= 11 is 5.65. The molecule has 0 saturated heterocycles. The molecule has 0 saturated carbocycles. The minimum Gasteiger partial charge on any atom is -0.383 e. The molecule has 0 aliphatic heterocycles. The van der Waals surface area contributed by atoms with Crippen LogP contribution in [0, 0.1) is 11.6 Å². The van der Waals surface area contributed by atoms with E-state index in [1.165, 1.54) is 6.07 Å². The topological polar surface area (TPSA) is 21.3 Å². The maximum Gasteiger partial charge on any atom is 0.159 e. The van der Waals surface area contributed by atoms with Crippen LogP contribution in [0.25, 0.3) is 0 Å². The summed E-state index contributed by atoms with van der Waals surface area (Å²) in [5.74, 6) is -1.13. The van der Waals surface area contributed by atoms with Crippen LogP contribution in [0.3, 0.4) is 0 Å². The highest BCUT2D eigenvalue weighted by Gasteiger charge is 2.08. The smallest absolute Gasteiger partial charge is 0.159 e. The summed E-state index contributed by atoms with van der Waals surface area (Å²) in [4.78, 5) is 0. The third-order valence-electron chi connectivity index (χ3n) is 2.40. The molecule has 2 nitrogen and oxygen atoms in total. The number of benzene rings is 1. The van der Waals surface area contributed by atoms with Crippen molar-refractivity contribution in [3.8, 4) is 0 Å². The zero-order valence-electron chi connectivity index (χ0n) is 9.68. The van der Waals surface area contributed by atoms with Gasteiger partial charge in [0.25, 0.3) is 0 Å². The fraction of sp³-hybridized carbons (Fsp3) is 0.500. The number of halogens is 3. The number of ether oxygens (including phenoxy) is 1. The molecule has 0 fully saturated rings. The van der Waals surface area contributed by atoms with Gasteiger partial charge >= 0.3 is 0 Å². The average molecular weight is 264 g/mol. The fourth-order valence-corrected chi connectivity index (χ4v) is 1.75. The Labute approximate surface area is 105 Å². The van der Waals surface area contributed by atoms with Crippen molar-refractivity contribution in [3.05, 3.63) is 35.4 Å². The largest absolute Gasteiger partial charge is 0.383 e. The van der Waals surface area contributed by atoms with Gasteiger partial charge < -0.3 is 10.1 Å². The molecule has 1 rings (SSSR count). The Hall–Kier alpha value is -0.710. The molecule has 96 valence electrons. The molecule has 1 atom stereocenters. The molecule has 1 aromatic rings. The van der Waals surface area contributed by atoms with E-state index in [1.54, 1.807) is 13.2 Å². The van der Waals surface area contributed by atoms with Gasteiger partial charge in [-0.2, -0.15) is 0 Å². The molecule has 1 aromatic carbocycles. The molecule has 0 aromatic heterocycles. The minimum absolute atomic E-state index is 0.116. The highest BCUT2D eigenvalue weighted by Crippen LogP contribution is 2.09. The molecule has 0 spiro atoms. The van der Waals surface area contributed by atoms with Crippen molar-refractivity contribution >= 4 is 11.6 Å². The van der Waals surface area contributed by atoms with Crippen molar-refractivity contribution in [2.75, 3.05) is 19.6 Å². The van der Waals surface area contributed by atoms with Crippen LogP contribution in [-0.2, 0) is 11.3 Å². The van der Waals surface area contributed by atoms with Gasteiger partial charge in [-0.3, -0.25) is 0 Å². The van der Waals surface area contributed by atoms with Crippen LogP contribution in [0.4, 0.5) is 8.78 Å². The van der Waals surface area contributed by atoms with Crippen molar-refractivity contribution in [2.24, 2.45) is 0 Å². The van der Waals surface area contributed by atoms with E-state index in [0.717, 1.165) is 12.5 Å². The monoisotopic (exact) mass is 263 g/mol. The van der Waals surface area contributed by atoms with Gasteiger partial charge in [0.1, 0.15) is 0 Å². The fourth-order valence-electron chi connectivity index (χ4n) is 1.49. The maximum absolute atomic E-state index is 13.0. The van der Waals surface area contributed by atoms with Gasteiger partial charge in [0.2, 0.25) is 0 Å². The van der Waals surface area contributed by atoms with Gasteiger partial charge in [-0.1, -0.05) is 6.07 Å². The summed E-state index contributed by atoms with van der Waals surface area (Å²) in [6, 6.07) is 3.98. The number of nitrogens with one attached hydrogen (secondary N) is 1. The first kappa shape index (κ1) is 14.4. The van der Waals surface area contributed by atoms with Crippen LogP contribution in [0.5, 0.6) is 0 Å². The SMILES string of the molecule is COCC(CCCl)NCc1ccc(F)c(F)c1. The Kier molecular flexibility index (Phi) is 6.40. The molecule has 0 bridgehead atoms. The Morgan fingerprint density at radius 3 is 2.71 bits per heavy atom. The van der Waals surface area contributed by atoms with Crippen LogP contribution in [0.2, 0.25) is 0 Å². The van der Waals surface area contributed by atoms with Crippen LogP contribution in [0.15, 0.2) is 18.2 Å². The van der Waals surface area contributed by atoms with Crippen molar-refractivity contribution in [2.45, 2.75) is 19.0 Å². The van der Waals surface area contributed by atoms with E-state index in [-0.39, 0.29) is 6.04 Å². The van der Waals surface area contributed by atoms with E-state index >= 15 is 0 Å². The molecule has 17 heavy (non-hydrogen) atoms. The molecule has 0 heterocycles. The summed E-state index contributed by atoms with van der Waals surface area (Å²) in [7, 11) is 1.61. The van der Waals surface area contributed by atoms with E-state index in [4.69, 9.17) is 16.3 Å². The number of hydrogen-bond acceptors (Lipinski definition) is 2. The Morgan fingerprint density at radius 1 is 1.35 bits per heavy atom. The predicted octanol–water partition coefficient (Wildman–Crippen LogP) is 2.70. The summed E-state index contributed by atoms with van der Waals surface area (Å²) in [5, 5.41) is 3.19. The third kappa shape index (κ3) is 4.98. The van der Waals surface area contributed by atoms with Gasteiger partial charge in [0, 0.05) is 25.6 Å². The third-order valence-corrected chi connectivity index (χ3v) is 2.62. The number of methoxy groups -OCH3 is 1. The maximum atomic E-state index is 13.0. The van der Waals surface area contributed by atoms with Crippen LogP contribution in [-0.4, -0.2) is 25.6 Å². The number of hydrogen-bond donors (Lipinski definition) is 1. The van der Waals surface area contributed by atoms with Gasteiger partial charge in [-0.05, 0) is 24.1 Å². The molecule has 1 N–H and O–H groups in total. The molecule has 0 amide bonds. The second kappa shape index (κ2) is 7.58. The van der Waals surface area contributed by atoms with Gasteiger partial charge in [-0.25, -0.2) is 8.78 Å². The van der Waals surface area contributed by atoms with Crippen molar-refractivity contribution in [1.82, 2.24) is 5.32 Å². The highest BCUT2D eigenvalue weighted by molar-refractivity contribution is 6.17. The Bertz CT molecular complexity index is 343. The van der Waals surface area contributed by atoms with Gasteiger partial charge in [-0.15, -0.1) is 11.6 Å². The lowest BCUT2D eigenvalue weighted by atomic mass is 10.2. The summed E-state index contributed by atoms with van der Waals surface area (Å²) in [5.41, 5.74) is 0.694. The number of alkyl halides is 1. The molecular formula is C12H16ClF2NO. The molecule has 1 unspecified atom stereocenters. The highest BCUT2D eigenvalue weighted by atomic mass is 35.5. The summed E-state index contributed by atoms with van der Waals surface area (Å²) in [6.07, 6.45) is 0.763. The van der Waals surface area contributed by atoms with E-state index < -0.39 is 11.6 Å². The molecule has 5 heteroatoms. The Morgan fingerprint density at radius 2 is 2.12 bits per heavy atom. The van der Waals surface area contributed by atoms with Gasteiger partial charge in [0.05, 0.1) is 6.61 Å². The standard InChI is InChI=1S/C12H16ClF2NO/c1-17-8-10(4-5-13)16-7-9-2-3-11(14)12(15)6-9/h2-3,6,10,16H,4-5,7-8H2,1H3. The van der Waals surface area contributed by atoms with Gasteiger partial charge in [0.15, 0.2) is 11.6 Å². The lowest BCUT2D eigenvalue weighted by Crippen LogP contribution is -2.33. The number of rotatable bonds is 7. The zero-order valence-corrected chi connectivity index (χ0v) is 10.4. The first-order valence-corrected chi connectivity index (χ1v) is 5.93. The second-order valence-electron chi connectivity index (χ2n) is 3.76. The van der Waals surface area contributed by atoms with E-state index in [1.807, 2.05) is 0 Å². The van der Waals surface area contributed by atoms with E-state index in [9.17, 15) is 8.78 Å². The zero-order chi connectivity index (χ0) is 12.7. The van der Waals surface area contributed by atoms with Crippen molar-refractivity contribution in [3.63, 3.8) is 0 Å². The minimum atomic E-state index is -0.831. The van der Waals surface area contributed by atoms with Crippen molar-refractivity contribution in [1.29, 1.82) is 0 Å². The normalized spacial score (nSPS) is 12.7. The van der Waals surface area contributed by atoms with Crippen LogP contribution >= 0.6 is 11.6 Å². The molecule has 0 aliphatic rings. The first-order valence-electron chi connectivity index (χ1n) is 5.39.